The van der Waals surface area contributed by atoms with Gasteiger partial charge in [0.1, 0.15) is 0 Å². The summed E-state index contributed by atoms with van der Waals surface area (Å²) in [5, 5.41) is 3.03. The van der Waals surface area contributed by atoms with Gasteiger partial charge in [0.2, 0.25) is 5.91 Å². The van der Waals surface area contributed by atoms with E-state index in [1.54, 1.807) is 0 Å². The maximum absolute atomic E-state index is 11.9. The Hall–Kier alpha value is -0.680. The highest BCUT2D eigenvalue weighted by molar-refractivity contribution is 9.10. The molecule has 0 aliphatic heterocycles. The molecule has 0 spiro atoms. The lowest BCUT2D eigenvalue weighted by Gasteiger charge is -2.13. The molecule has 0 aliphatic carbocycles. The Morgan fingerprint density at radius 2 is 2.20 bits per heavy atom. The third-order valence-electron chi connectivity index (χ3n) is 2.98. The number of carbonyl (C=O) groups excluding carboxylic acids is 1. The van der Waals surface area contributed by atoms with E-state index >= 15 is 0 Å². The fourth-order valence-corrected chi connectivity index (χ4v) is 3.02. The number of carbonyl (C=O) groups is 1. The molecule has 0 saturated carbocycles. The van der Waals surface area contributed by atoms with Crippen LogP contribution in [0, 0.1) is 0 Å². The van der Waals surface area contributed by atoms with Gasteiger partial charge >= 0.3 is 0 Å². The molecule has 0 aliphatic rings. The smallest absolute Gasteiger partial charge is 0.230 e. The predicted octanol–water partition coefficient (Wildman–Crippen LogP) is 4.21. The third-order valence-corrected chi connectivity index (χ3v) is 4.56. The quantitative estimate of drug-likeness (QED) is 0.415. The molecule has 1 amide bonds. The fraction of sp³-hybridized carbons (Fsp3) is 0.533. The van der Waals surface area contributed by atoms with E-state index in [9.17, 15) is 4.79 Å². The van der Waals surface area contributed by atoms with Crippen molar-refractivity contribution in [2.45, 2.75) is 50.5 Å². The molecule has 1 unspecified atom stereocenters. The zero-order chi connectivity index (χ0) is 15.0. The lowest BCUT2D eigenvalue weighted by Crippen LogP contribution is -2.33. The first-order valence-corrected chi connectivity index (χ1v) is 8.78. The van der Waals surface area contributed by atoms with Crippen LogP contribution in [-0.2, 0) is 4.79 Å². The zero-order valence-corrected chi connectivity index (χ0v) is 14.5. The lowest BCUT2D eigenvalue weighted by molar-refractivity contribution is -0.119. The van der Waals surface area contributed by atoms with E-state index in [1.165, 1.54) is 31.0 Å². The summed E-state index contributed by atoms with van der Waals surface area (Å²) in [5.41, 5.74) is 6.61. The molecule has 0 bridgehead atoms. The van der Waals surface area contributed by atoms with Crippen molar-refractivity contribution in [2.75, 3.05) is 11.5 Å². The molecule has 5 heteroatoms. The van der Waals surface area contributed by atoms with Crippen molar-refractivity contribution in [3.05, 3.63) is 22.7 Å². The SMILES string of the molecule is CCCCCC(C)NC(=O)CSc1ccc(Br)cc1N. The standard InChI is InChI=1S/C15H23BrN2OS/c1-3-4-5-6-11(2)18-15(19)10-20-14-8-7-12(16)9-13(14)17/h7-9,11H,3-6,10,17H2,1-2H3,(H,18,19). The van der Waals surface area contributed by atoms with E-state index in [1.807, 2.05) is 18.2 Å². The van der Waals surface area contributed by atoms with Crippen LogP contribution in [0.15, 0.2) is 27.6 Å². The number of amides is 1. The highest BCUT2D eigenvalue weighted by Crippen LogP contribution is 2.27. The van der Waals surface area contributed by atoms with Crippen LogP contribution in [-0.4, -0.2) is 17.7 Å². The molecule has 3 nitrogen and oxygen atoms in total. The normalized spacial score (nSPS) is 12.2. The predicted molar refractivity (Wildman–Crippen MR) is 91.0 cm³/mol. The Balaban J connectivity index is 2.32. The van der Waals surface area contributed by atoms with Gasteiger partial charge in [-0.1, -0.05) is 42.1 Å². The van der Waals surface area contributed by atoms with Gasteiger partial charge in [-0.2, -0.15) is 0 Å². The van der Waals surface area contributed by atoms with Crippen LogP contribution >= 0.6 is 27.7 Å². The molecule has 3 N–H and O–H groups in total. The minimum absolute atomic E-state index is 0.0707. The number of nitrogens with two attached hydrogens (primary N) is 1. The minimum atomic E-state index is 0.0707. The average molecular weight is 359 g/mol. The van der Waals surface area contributed by atoms with Crippen molar-refractivity contribution < 1.29 is 4.79 Å². The molecule has 0 aromatic heterocycles. The van der Waals surface area contributed by atoms with Crippen LogP contribution in [0.4, 0.5) is 5.69 Å². The first-order chi connectivity index (χ1) is 9.52. The number of nitrogens with one attached hydrogen (secondary N) is 1. The Morgan fingerprint density at radius 1 is 1.45 bits per heavy atom. The van der Waals surface area contributed by atoms with Gasteiger partial charge < -0.3 is 11.1 Å². The number of nitrogen functional groups attached to an aromatic ring is 1. The molecule has 0 fully saturated rings. The Morgan fingerprint density at radius 3 is 2.85 bits per heavy atom. The van der Waals surface area contributed by atoms with Crippen molar-refractivity contribution in [2.24, 2.45) is 0 Å². The first-order valence-electron chi connectivity index (χ1n) is 7.00. The van der Waals surface area contributed by atoms with Gasteiger partial charge in [0.25, 0.3) is 0 Å². The van der Waals surface area contributed by atoms with Gasteiger partial charge in [-0.05, 0) is 31.5 Å². The Bertz CT molecular complexity index is 440. The van der Waals surface area contributed by atoms with Gasteiger partial charge in [-0.25, -0.2) is 0 Å². The molecule has 20 heavy (non-hydrogen) atoms. The number of hydrogen-bond donors (Lipinski definition) is 2. The van der Waals surface area contributed by atoms with Crippen LogP contribution in [0.25, 0.3) is 0 Å². The summed E-state index contributed by atoms with van der Waals surface area (Å²) in [6.45, 7) is 4.24. The van der Waals surface area contributed by atoms with Crippen LogP contribution in [0.1, 0.15) is 39.5 Å². The van der Waals surface area contributed by atoms with Gasteiger partial charge in [0, 0.05) is 21.1 Å². The van der Waals surface area contributed by atoms with Crippen LogP contribution in [0.2, 0.25) is 0 Å². The first kappa shape index (κ1) is 17.4. The second-order valence-electron chi connectivity index (χ2n) is 4.94. The highest BCUT2D eigenvalue weighted by Gasteiger charge is 2.09. The Labute approximate surface area is 134 Å². The van der Waals surface area contributed by atoms with Crippen molar-refractivity contribution in [1.82, 2.24) is 5.32 Å². The number of hydrogen-bond acceptors (Lipinski definition) is 3. The van der Waals surface area contributed by atoms with Crippen molar-refractivity contribution in [1.29, 1.82) is 0 Å². The molecule has 1 rings (SSSR count). The molecule has 1 aromatic carbocycles. The third kappa shape index (κ3) is 6.66. The lowest BCUT2D eigenvalue weighted by atomic mass is 10.1. The number of rotatable bonds is 8. The summed E-state index contributed by atoms with van der Waals surface area (Å²) in [4.78, 5) is 12.8. The number of benzene rings is 1. The molecule has 0 radical (unpaired) electrons. The minimum Gasteiger partial charge on any atom is -0.398 e. The molecule has 1 atom stereocenters. The molecule has 0 heterocycles. The summed E-state index contributed by atoms with van der Waals surface area (Å²) in [6.07, 6.45) is 4.65. The molecule has 1 aromatic rings. The second-order valence-corrected chi connectivity index (χ2v) is 6.87. The van der Waals surface area contributed by atoms with Gasteiger partial charge in [0.05, 0.1) is 5.75 Å². The van der Waals surface area contributed by atoms with E-state index in [-0.39, 0.29) is 11.9 Å². The molecule has 0 saturated heterocycles. The second kappa shape index (κ2) is 9.29. The van der Waals surface area contributed by atoms with Crippen molar-refractivity contribution in [3.63, 3.8) is 0 Å². The van der Waals surface area contributed by atoms with E-state index in [0.717, 1.165) is 15.8 Å². The summed E-state index contributed by atoms with van der Waals surface area (Å²) in [5.74, 6) is 0.477. The van der Waals surface area contributed by atoms with Crippen molar-refractivity contribution in [3.8, 4) is 0 Å². The van der Waals surface area contributed by atoms with Gasteiger partial charge in [0.15, 0.2) is 0 Å². The maximum atomic E-state index is 11.9. The topological polar surface area (TPSA) is 55.1 Å². The molecular formula is C15H23BrN2OS. The average Bonchev–Trinajstić information content (AvgIpc) is 2.38. The maximum Gasteiger partial charge on any atom is 0.230 e. The summed E-state index contributed by atoms with van der Waals surface area (Å²) in [6, 6.07) is 5.97. The van der Waals surface area contributed by atoms with Gasteiger partial charge in [-0.15, -0.1) is 11.8 Å². The highest BCUT2D eigenvalue weighted by atomic mass is 79.9. The van der Waals surface area contributed by atoms with E-state index in [2.05, 4.69) is 35.1 Å². The Kier molecular flexibility index (Phi) is 8.07. The van der Waals surface area contributed by atoms with Crippen molar-refractivity contribution >= 4 is 39.3 Å². The summed E-state index contributed by atoms with van der Waals surface area (Å²) >= 11 is 4.85. The largest absolute Gasteiger partial charge is 0.398 e. The number of unbranched alkanes of at least 4 members (excludes halogenated alkanes) is 2. The zero-order valence-electron chi connectivity index (χ0n) is 12.1. The van der Waals surface area contributed by atoms with Crippen LogP contribution in [0.3, 0.4) is 0 Å². The monoisotopic (exact) mass is 358 g/mol. The van der Waals surface area contributed by atoms with Gasteiger partial charge in [-0.3, -0.25) is 4.79 Å². The fourth-order valence-electron chi connectivity index (χ4n) is 1.88. The van der Waals surface area contributed by atoms with E-state index < -0.39 is 0 Å². The molecule has 112 valence electrons. The molecular weight excluding hydrogens is 336 g/mol. The summed E-state index contributed by atoms with van der Waals surface area (Å²) < 4.78 is 0.952. The van der Waals surface area contributed by atoms with Crippen LogP contribution < -0.4 is 11.1 Å². The van der Waals surface area contributed by atoms with E-state index in [0.29, 0.717) is 11.4 Å². The van der Waals surface area contributed by atoms with E-state index in [4.69, 9.17) is 5.73 Å². The number of thioether (sulfide) groups is 1. The number of halogens is 1. The van der Waals surface area contributed by atoms with Crippen LogP contribution in [0.5, 0.6) is 0 Å². The summed E-state index contributed by atoms with van der Waals surface area (Å²) in [7, 11) is 0. The number of anilines is 1.